The van der Waals surface area contributed by atoms with Crippen LogP contribution in [0.2, 0.25) is 0 Å². The minimum absolute atomic E-state index is 0.195. The largest absolute Gasteiger partial charge is 0.393 e. The van der Waals surface area contributed by atoms with E-state index < -0.39 is 12.1 Å². The monoisotopic (exact) mass is 264 g/mol. The average molecular weight is 264 g/mol. The number of likely N-dealkylation sites (tertiary alicyclic amines) is 1. The van der Waals surface area contributed by atoms with Crippen LogP contribution in [0, 0.1) is 11.8 Å². The second kappa shape index (κ2) is 5.78. The van der Waals surface area contributed by atoms with Crippen molar-refractivity contribution in [1.29, 1.82) is 0 Å². The van der Waals surface area contributed by atoms with Crippen molar-refractivity contribution in [3.05, 3.63) is 0 Å². The first kappa shape index (κ1) is 14.1. The van der Waals surface area contributed by atoms with Gasteiger partial charge in [0, 0.05) is 19.1 Å². The van der Waals surface area contributed by atoms with Crippen LogP contribution in [0.1, 0.15) is 32.6 Å². The number of nitrogens with one attached hydrogen (secondary N) is 1. The molecule has 2 rings (SSSR count). The maximum atomic E-state index is 12.6. The molecule has 18 heavy (non-hydrogen) atoms. The summed E-state index contributed by atoms with van der Waals surface area (Å²) in [6.07, 6.45) is -0.195. The van der Waals surface area contributed by atoms with Gasteiger partial charge >= 0.3 is 6.18 Å². The molecule has 1 N–H and O–H groups in total. The molecule has 1 heterocycles. The molecule has 0 spiro atoms. The number of rotatable bonds is 6. The van der Waals surface area contributed by atoms with Crippen LogP contribution in [0.5, 0.6) is 0 Å². The second-order valence-corrected chi connectivity index (χ2v) is 5.68. The number of hydrogen-bond donors (Lipinski definition) is 1. The van der Waals surface area contributed by atoms with E-state index in [-0.39, 0.29) is 13.0 Å². The molecule has 0 aromatic heterocycles. The van der Waals surface area contributed by atoms with Crippen molar-refractivity contribution in [1.82, 2.24) is 10.2 Å². The molecule has 2 atom stereocenters. The third-order valence-corrected chi connectivity index (χ3v) is 4.04. The van der Waals surface area contributed by atoms with E-state index in [4.69, 9.17) is 0 Å². The van der Waals surface area contributed by atoms with Gasteiger partial charge < -0.3 is 10.2 Å². The zero-order valence-corrected chi connectivity index (χ0v) is 11.0. The summed E-state index contributed by atoms with van der Waals surface area (Å²) < 4.78 is 37.8. The van der Waals surface area contributed by atoms with Crippen molar-refractivity contribution in [2.45, 2.75) is 44.8 Å². The highest BCUT2D eigenvalue weighted by molar-refractivity contribution is 4.91. The lowest BCUT2D eigenvalue weighted by molar-refractivity contribution is -0.170. The molecule has 2 unspecified atom stereocenters. The van der Waals surface area contributed by atoms with Crippen LogP contribution < -0.4 is 5.32 Å². The van der Waals surface area contributed by atoms with Crippen LogP contribution in [0.3, 0.4) is 0 Å². The normalized spacial score (nSPS) is 27.7. The Morgan fingerprint density at radius 3 is 2.50 bits per heavy atom. The number of alkyl halides is 3. The summed E-state index contributed by atoms with van der Waals surface area (Å²) in [7, 11) is 0. The summed E-state index contributed by atoms with van der Waals surface area (Å²) in [6, 6.07) is 0.400. The molecule has 2 fully saturated rings. The van der Waals surface area contributed by atoms with Crippen molar-refractivity contribution in [3.8, 4) is 0 Å². The highest BCUT2D eigenvalue weighted by Crippen LogP contribution is 2.36. The Bertz CT molecular complexity index is 263. The van der Waals surface area contributed by atoms with E-state index >= 15 is 0 Å². The summed E-state index contributed by atoms with van der Waals surface area (Å²) in [5.41, 5.74) is 0. The molecule has 0 amide bonds. The second-order valence-electron chi connectivity index (χ2n) is 5.68. The Balaban J connectivity index is 1.78. The molecule has 1 saturated heterocycles. The maximum absolute atomic E-state index is 12.6. The van der Waals surface area contributed by atoms with Crippen molar-refractivity contribution < 1.29 is 13.2 Å². The molecule has 0 aromatic carbocycles. The molecule has 2 aliphatic rings. The fourth-order valence-electron chi connectivity index (χ4n) is 2.75. The Morgan fingerprint density at radius 1 is 1.28 bits per heavy atom. The molecule has 0 aromatic rings. The van der Waals surface area contributed by atoms with Gasteiger partial charge in [-0.1, -0.05) is 6.92 Å². The molecule has 0 radical (unpaired) electrons. The zero-order chi connectivity index (χ0) is 13.2. The number of nitrogens with zero attached hydrogens (tertiary/aromatic N) is 1. The van der Waals surface area contributed by atoms with E-state index in [0.717, 1.165) is 19.5 Å². The first-order valence-corrected chi connectivity index (χ1v) is 7.03. The van der Waals surface area contributed by atoms with Crippen LogP contribution >= 0.6 is 0 Å². The Labute approximate surface area is 107 Å². The topological polar surface area (TPSA) is 15.3 Å². The molecule has 0 bridgehead atoms. The Morgan fingerprint density at radius 2 is 2.00 bits per heavy atom. The van der Waals surface area contributed by atoms with Crippen LogP contribution in [0.4, 0.5) is 13.2 Å². The lowest BCUT2D eigenvalue weighted by atomic mass is 10.1. The zero-order valence-electron chi connectivity index (χ0n) is 11.0. The third-order valence-electron chi connectivity index (χ3n) is 4.04. The molecular weight excluding hydrogens is 241 g/mol. The number of halogens is 3. The Hall–Kier alpha value is -0.290. The van der Waals surface area contributed by atoms with Crippen LogP contribution in [-0.2, 0) is 0 Å². The summed E-state index contributed by atoms with van der Waals surface area (Å²) >= 11 is 0. The smallest absolute Gasteiger partial charge is 0.312 e. The average Bonchev–Trinajstić information content (AvgIpc) is 3.02. The first-order valence-electron chi connectivity index (χ1n) is 7.03. The van der Waals surface area contributed by atoms with Crippen LogP contribution in [0.25, 0.3) is 0 Å². The van der Waals surface area contributed by atoms with Gasteiger partial charge in [0.15, 0.2) is 0 Å². The van der Waals surface area contributed by atoms with Crippen molar-refractivity contribution in [2.75, 3.05) is 26.2 Å². The quantitative estimate of drug-likeness (QED) is 0.793. The highest BCUT2D eigenvalue weighted by Gasteiger charge is 2.44. The molecule has 5 heteroatoms. The van der Waals surface area contributed by atoms with E-state index in [1.807, 2.05) is 4.90 Å². The van der Waals surface area contributed by atoms with E-state index in [1.54, 1.807) is 0 Å². The van der Waals surface area contributed by atoms with Crippen molar-refractivity contribution in [3.63, 3.8) is 0 Å². The van der Waals surface area contributed by atoms with E-state index in [2.05, 4.69) is 12.2 Å². The van der Waals surface area contributed by atoms with Gasteiger partial charge in [-0.05, 0) is 44.7 Å². The fourth-order valence-corrected chi connectivity index (χ4v) is 2.75. The third kappa shape index (κ3) is 3.85. The van der Waals surface area contributed by atoms with Gasteiger partial charge in [-0.25, -0.2) is 0 Å². The predicted octanol–water partition coefficient (Wildman–Crippen LogP) is 2.65. The number of hydrogen-bond acceptors (Lipinski definition) is 2. The first-order chi connectivity index (χ1) is 8.50. The SMILES string of the molecule is CCCNC(CN1CCC(C(F)(F)F)C1)C1CC1. The lowest BCUT2D eigenvalue weighted by Crippen LogP contribution is -2.42. The van der Waals surface area contributed by atoms with Crippen molar-refractivity contribution in [2.24, 2.45) is 11.8 Å². The molecule has 2 nitrogen and oxygen atoms in total. The van der Waals surface area contributed by atoms with Gasteiger partial charge in [0.25, 0.3) is 0 Å². The maximum Gasteiger partial charge on any atom is 0.393 e. The van der Waals surface area contributed by atoms with Gasteiger partial charge in [-0.3, -0.25) is 0 Å². The molecule has 1 aliphatic carbocycles. The fraction of sp³-hybridized carbons (Fsp3) is 1.00. The summed E-state index contributed by atoms with van der Waals surface area (Å²) in [5, 5.41) is 3.49. The van der Waals surface area contributed by atoms with Gasteiger partial charge in [-0.2, -0.15) is 13.2 Å². The minimum atomic E-state index is -4.01. The van der Waals surface area contributed by atoms with E-state index in [9.17, 15) is 13.2 Å². The standard InChI is InChI=1S/C13H23F3N2/c1-2-6-17-12(10-3-4-10)9-18-7-5-11(8-18)13(14,15)16/h10-12,17H,2-9H2,1H3. The van der Waals surface area contributed by atoms with Crippen LogP contribution in [-0.4, -0.2) is 43.3 Å². The molecular formula is C13H23F3N2. The minimum Gasteiger partial charge on any atom is -0.312 e. The Kier molecular flexibility index (Phi) is 4.54. The van der Waals surface area contributed by atoms with Gasteiger partial charge in [-0.15, -0.1) is 0 Å². The predicted molar refractivity (Wildman–Crippen MR) is 65.4 cm³/mol. The van der Waals surface area contributed by atoms with Crippen LogP contribution in [0.15, 0.2) is 0 Å². The van der Waals surface area contributed by atoms with Gasteiger partial charge in [0.05, 0.1) is 5.92 Å². The van der Waals surface area contributed by atoms with E-state index in [1.165, 1.54) is 12.8 Å². The summed E-state index contributed by atoms with van der Waals surface area (Å²) in [5.74, 6) is -0.412. The molecule has 106 valence electrons. The highest BCUT2D eigenvalue weighted by atomic mass is 19.4. The lowest BCUT2D eigenvalue weighted by Gasteiger charge is -2.25. The molecule has 1 saturated carbocycles. The van der Waals surface area contributed by atoms with Crippen molar-refractivity contribution >= 4 is 0 Å². The summed E-state index contributed by atoms with van der Waals surface area (Å²) in [6.45, 7) is 4.67. The summed E-state index contributed by atoms with van der Waals surface area (Å²) in [4.78, 5) is 1.99. The van der Waals surface area contributed by atoms with Gasteiger partial charge in [0.1, 0.15) is 0 Å². The van der Waals surface area contributed by atoms with Gasteiger partial charge in [0.2, 0.25) is 0 Å². The van der Waals surface area contributed by atoms with E-state index in [0.29, 0.717) is 18.5 Å². The molecule has 1 aliphatic heterocycles.